The first kappa shape index (κ1) is 24.8. The molecule has 0 saturated carbocycles. The molecule has 0 atom stereocenters. The Labute approximate surface area is 205 Å². The number of ether oxygens (including phenoxy) is 1. The molecule has 178 valence electrons. The van der Waals surface area contributed by atoms with Crippen LogP contribution in [0.15, 0.2) is 28.7 Å². The Hall–Kier alpha value is -2.79. The highest BCUT2D eigenvalue weighted by molar-refractivity contribution is 9.10. The number of aromatic amines is 1. The van der Waals surface area contributed by atoms with Gasteiger partial charge in [-0.2, -0.15) is 0 Å². The van der Waals surface area contributed by atoms with Crippen molar-refractivity contribution < 1.29 is 19.1 Å². The number of piperidine rings is 1. The molecule has 1 fully saturated rings. The summed E-state index contributed by atoms with van der Waals surface area (Å²) in [4.78, 5) is 40.0. The van der Waals surface area contributed by atoms with Crippen LogP contribution in [0.25, 0.3) is 0 Å². The smallest absolute Gasteiger partial charge is 0.388 e. The van der Waals surface area contributed by atoms with Crippen molar-refractivity contribution in [2.45, 2.75) is 19.3 Å². The van der Waals surface area contributed by atoms with Crippen molar-refractivity contribution in [3.63, 3.8) is 0 Å². The molecule has 1 aliphatic heterocycles. The lowest BCUT2D eigenvalue weighted by atomic mass is 9.94. The number of hydrogen-bond acceptors (Lipinski definition) is 5. The van der Waals surface area contributed by atoms with E-state index in [1.54, 1.807) is 43.3 Å². The molecule has 2 aromatic rings. The third-order valence-corrected chi connectivity index (χ3v) is 6.38. The fourth-order valence-corrected chi connectivity index (χ4v) is 4.07. The van der Waals surface area contributed by atoms with Crippen LogP contribution in [0, 0.1) is 5.92 Å². The summed E-state index contributed by atoms with van der Waals surface area (Å²) >= 11 is 9.32. The van der Waals surface area contributed by atoms with Crippen LogP contribution in [0.2, 0.25) is 5.02 Å². The van der Waals surface area contributed by atoms with Crippen molar-refractivity contribution in [2.24, 2.45) is 5.92 Å². The molecular formula is C21H26BrClN6O4. The molecule has 1 aromatic heterocycles. The molecule has 0 unspecified atom stereocenters. The van der Waals surface area contributed by atoms with Crippen molar-refractivity contribution in [1.29, 1.82) is 0 Å². The Morgan fingerprint density at radius 3 is 2.64 bits per heavy atom. The normalized spacial score (nSPS) is 14.0. The molecule has 1 aromatic carbocycles. The van der Waals surface area contributed by atoms with Gasteiger partial charge in [0.2, 0.25) is 0 Å². The van der Waals surface area contributed by atoms with Crippen molar-refractivity contribution in [1.82, 2.24) is 25.3 Å². The molecular weight excluding hydrogens is 516 g/mol. The van der Waals surface area contributed by atoms with Gasteiger partial charge >= 0.3 is 12.1 Å². The Morgan fingerprint density at radius 1 is 1.27 bits per heavy atom. The van der Waals surface area contributed by atoms with Gasteiger partial charge in [-0.1, -0.05) is 23.7 Å². The number of aromatic nitrogens is 2. The molecule has 33 heavy (non-hydrogen) atoms. The first-order chi connectivity index (χ1) is 15.8. The first-order valence-electron chi connectivity index (χ1n) is 10.5. The highest BCUT2D eigenvalue weighted by Crippen LogP contribution is 2.30. The van der Waals surface area contributed by atoms with E-state index in [0.717, 1.165) is 32.4 Å². The van der Waals surface area contributed by atoms with Gasteiger partial charge in [-0.15, -0.1) is 5.10 Å². The maximum absolute atomic E-state index is 12.4. The van der Waals surface area contributed by atoms with Crippen LogP contribution >= 0.6 is 27.5 Å². The maximum Gasteiger partial charge on any atom is 0.414 e. The van der Waals surface area contributed by atoms with E-state index < -0.39 is 12.0 Å². The number of carbonyl (C=O) groups excluding carboxylic acids is 3. The third kappa shape index (κ3) is 6.61. The third-order valence-electron chi connectivity index (χ3n) is 5.31. The lowest BCUT2D eigenvalue weighted by molar-refractivity contribution is 0.102. The van der Waals surface area contributed by atoms with Gasteiger partial charge in [0.25, 0.3) is 11.8 Å². The Bertz CT molecular complexity index is 1010. The number of likely N-dealkylation sites (tertiary alicyclic amines) is 1. The second-order valence-electron chi connectivity index (χ2n) is 7.86. The van der Waals surface area contributed by atoms with E-state index in [2.05, 4.69) is 36.8 Å². The van der Waals surface area contributed by atoms with Gasteiger partial charge < -0.3 is 25.2 Å². The monoisotopic (exact) mass is 540 g/mol. The van der Waals surface area contributed by atoms with Gasteiger partial charge in [0.1, 0.15) is 10.3 Å². The van der Waals surface area contributed by atoms with Crippen molar-refractivity contribution in [3.8, 4) is 5.88 Å². The number of benzene rings is 1. The molecule has 3 N–H and O–H groups in total. The predicted molar refractivity (Wildman–Crippen MR) is 128 cm³/mol. The van der Waals surface area contributed by atoms with Crippen LogP contribution in [0.5, 0.6) is 5.88 Å². The molecule has 0 aliphatic carbocycles. The molecule has 0 spiro atoms. The summed E-state index contributed by atoms with van der Waals surface area (Å²) in [6.07, 6.45) is 1.94. The van der Waals surface area contributed by atoms with Crippen molar-refractivity contribution in [2.75, 3.05) is 39.0 Å². The fraction of sp³-hybridized carbons (Fsp3) is 0.429. The molecule has 2 heterocycles. The van der Waals surface area contributed by atoms with Gasteiger partial charge in [0, 0.05) is 33.7 Å². The summed E-state index contributed by atoms with van der Waals surface area (Å²) in [7, 11) is 3.49. The largest absolute Gasteiger partial charge is 0.414 e. The van der Waals surface area contributed by atoms with Crippen LogP contribution in [-0.4, -0.2) is 71.8 Å². The van der Waals surface area contributed by atoms with Crippen LogP contribution in [0.3, 0.4) is 0 Å². The minimum atomic E-state index is -0.647. The van der Waals surface area contributed by atoms with Crippen molar-refractivity contribution in [3.05, 3.63) is 39.3 Å². The molecule has 0 bridgehead atoms. The van der Waals surface area contributed by atoms with E-state index >= 15 is 0 Å². The minimum Gasteiger partial charge on any atom is -0.388 e. The van der Waals surface area contributed by atoms with Crippen LogP contribution < -0.4 is 15.4 Å². The second-order valence-corrected chi connectivity index (χ2v) is 9.06. The quantitative estimate of drug-likeness (QED) is 0.512. The summed E-state index contributed by atoms with van der Waals surface area (Å²) in [5.74, 6) is 0.235. The number of hydrogen-bond donors (Lipinski definition) is 3. The van der Waals surface area contributed by atoms with Gasteiger partial charge in [-0.25, -0.2) is 9.59 Å². The lowest BCUT2D eigenvalue weighted by Gasteiger charge is -2.33. The highest BCUT2D eigenvalue weighted by Gasteiger charge is 2.24. The molecule has 0 radical (unpaired) electrons. The van der Waals surface area contributed by atoms with E-state index in [0.29, 0.717) is 27.5 Å². The van der Waals surface area contributed by atoms with E-state index in [9.17, 15) is 14.4 Å². The lowest BCUT2D eigenvalue weighted by Crippen LogP contribution is -2.44. The number of anilines is 1. The molecule has 3 rings (SSSR count). The summed E-state index contributed by atoms with van der Waals surface area (Å²) in [5.41, 5.74) is 0.304. The average molecular weight is 542 g/mol. The number of nitrogens with one attached hydrogen (secondary N) is 3. The van der Waals surface area contributed by atoms with E-state index in [1.807, 2.05) is 4.90 Å². The second kappa shape index (κ2) is 11.4. The standard InChI is InChI=1S/C21H26BrClN6O4/c1-28(2)21(32)29-11-8-13(9-12-29)7-10-24-20(31)33-19-16(22)17(26-27-19)25-18(30)14-5-3-4-6-15(14)23/h3-6,13H,7-12H2,1-2H3,(H,24,31)(H2,25,26,27,30). The van der Waals surface area contributed by atoms with E-state index in [1.165, 1.54) is 0 Å². The predicted octanol–water partition coefficient (Wildman–Crippen LogP) is 3.95. The molecule has 1 saturated heterocycles. The van der Waals surface area contributed by atoms with E-state index in [4.69, 9.17) is 16.3 Å². The van der Waals surface area contributed by atoms with Crippen LogP contribution in [0.1, 0.15) is 29.6 Å². The topological polar surface area (TPSA) is 120 Å². The first-order valence-corrected chi connectivity index (χ1v) is 11.6. The maximum atomic E-state index is 12.4. The number of rotatable bonds is 6. The summed E-state index contributed by atoms with van der Waals surface area (Å²) in [5, 5.41) is 12.2. The SMILES string of the molecule is CN(C)C(=O)N1CCC(CCNC(=O)Oc2n[nH]c(NC(=O)c3ccccc3Cl)c2Br)CC1. The summed E-state index contributed by atoms with van der Waals surface area (Å²) in [6, 6.07) is 6.67. The highest BCUT2D eigenvalue weighted by atomic mass is 79.9. The Kier molecular flexibility index (Phi) is 8.56. The van der Waals surface area contributed by atoms with Crippen LogP contribution in [-0.2, 0) is 0 Å². The van der Waals surface area contributed by atoms with Crippen LogP contribution in [0.4, 0.5) is 15.4 Å². The number of halogens is 2. The number of H-pyrrole nitrogens is 1. The van der Waals surface area contributed by atoms with Gasteiger partial charge in [-0.3, -0.25) is 9.89 Å². The minimum absolute atomic E-state index is 0.00235. The summed E-state index contributed by atoms with van der Waals surface area (Å²) < 4.78 is 5.53. The number of carbonyl (C=O) groups is 3. The molecule has 4 amide bonds. The zero-order valence-electron chi connectivity index (χ0n) is 18.4. The van der Waals surface area contributed by atoms with Gasteiger partial charge in [-0.05, 0) is 53.2 Å². The zero-order chi connectivity index (χ0) is 24.0. The van der Waals surface area contributed by atoms with Gasteiger partial charge in [0.05, 0.1) is 10.6 Å². The number of nitrogens with zero attached hydrogens (tertiary/aromatic N) is 3. The summed E-state index contributed by atoms with van der Waals surface area (Å²) in [6.45, 7) is 1.88. The molecule has 12 heteroatoms. The average Bonchev–Trinajstić information content (AvgIpc) is 3.12. The Morgan fingerprint density at radius 2 is 1.97 bits per heavy atom. The number of amides is 4. The van der Waals surface area contributed by atoms with Crippen molar-refractivity contribution >= 4 is 51.4 Å². The Balaban J connectivity index is 1.42. The van der Waals surface area contributed by atoms with Gasteiger partial charge in [0.15, 0.2) is 0 Å². The number of urea groups is 1. The molecule has 1 aliphatic rings. The van der Waals surface area contributed by atoms with E-state index in [-0.39, 0.29) is 17.7 Å². The fourth-order valence-electron chi connectivity index (χ4n) is 3.49. The zero-order valence-corrected chi connectivity index (χ0v) is 20.7. The molecule has 10 nitrogen and oxygen atoms in total.